The van der Waals surface area contributed by atoms with E-state index in [0.29, 0.717) is 5.41 Å². The molecule has 2 aliphatic rings. The number of hydrogen-bond acceptors (Lipinski definition) is 1. The standard InChI is InChI=1S/C10H15N/c1-9(3-2-4-9)7-10(8-11)5-6-10/h2-7H2,1H3. The average molecular weight is 149 g/mol. The molecule has 0 aliphatic heterocycles. The van der Waals surface area contributed by atoms with Crippen molar-refractivity contribution in [3.8, 4) is 6.07 Å². The molecule has 1 nitrogen and oxygen atoms in total. The predicted molar refractivity (Wildman–Crippen MR) is 43.9 cm³/mol. The molecule has 0 aromatic rings. The number of nitriles is 1. The molecule has 0 atom stereocenters. The first-order valence-corrected chi connectivity index (χ1v) is 4.59. The van der Waals surface area contributed by atoms with Crippen LogP contribution in [0.15, 0.2) is 0 Å². The summed E-state index contributed by atoms with van der Waals surface area (Å²) >= 11 is 0. The molecular weight excluding hydrogens is 134 g/mol. The molecule has 2 aliphatic carbocycles. The zero-order valence-electron chi connectivity index (χ0n) is 7.19. The number of rotatable bonds is 2. The highest BCUT2D eigenvalue weighted by Crippen LogP contribution is 2.58. The normalized spacial score (nSPS) is 30.2. The smallest absolute Gasteiger partial charge is 0.0689 e. The molecule has 1 heteroatoms. The Balaban J connectivity index is 1.95. The third-order valence-corrected chi connectivity index (χ3v) is 3.42. The molecule has 0 amide bonds. The van der Waals surface area contributed by atoms with E-state index in [-0.39, 0.29) is 5.41 Å². The van der Waals surface area contributed by atoms with E-state index in [9.17, 15) is 0 Å². The van der Waals surface area contributed by atoms with E-state index >= 15 is 0 Å². The maximum Gasteiger partial charge on any atom is 0.0689 e. The van der Waals surface area contributed by atoms with Crippen LogP contribution in [0.25, 0.3) is 0 Å². The molecule has 60 valence electrons. The maximum atomic E-state index is 8.89. The quantitative estimate of drug-likeness (QED) is 0.592. The SMILES string of the molecule is CC1(CC2(C#N)CC2)CCC1. The Morgan fingerprint density at radius 3 is 2.18 bits per heavy atom. The van der Waals surface area contributed by atoms with Crippen LogP contribution in [0.4, 0.5) is 0 Å². The van der Waals surface area contributed by atoms with Gasteiger partial charge in [-0.2, -0.15) is 5.26 Å². The minimum atomic E-state index is 0.134. The van der Waals surface area contributed by atoms with Gasteiger partial charge in [-0.15, -0.1) is 0 Å². The van der Waals surface area contributed by atoms with Crippen molar-refractivity contribution in [3.63, 3.8) is 0 Å². The summed E-state index contributed by atoms with van der Waals surface area (Å²) in [6, 6.07) is 2.48. The lowest BCUT2D eigenvalue weighted by Gasteiger charge is -2.39. The molecule has 0 saturated heterocycles. The van der Waals surface area contributed by atoms with Gasteiger partial charge < -0.3 is 0 Å². The van der Waals surface area contributed by atoms with Crippen LogP contribution >= 0.6 is 0 Å². The van der Waals surface area contributed by atoms with Gasteiger partial charge in [0.1, 0.15) is 0 Å². The lowest BCUT2D eigenvalue weighted by molar-refractivity contribution is 0.124. The maximum absolute atomic E-state index is 8.89. The zero-order valence-corrected chi connectivity index (χ0v) is 7.19. The largest absolute Gasteiger partial charge is 0.198 e. The minimum absolute atomic E-state index is 0.134. The first-order chi connectivity index (χ1) is 5.18. The topological polar surface area (TPSA) is 23.8 Å². The van der Waals surface area contributed by atoms with Gasteiger partial charge in [0.05, 0.1) is 11.5 Å². The molecule has 0 unspecified atom stereocenters. The van der Waals surface area contributed by atoms with Gasteiger partial charge in [0.25, 0.3) is 0 Å². The summed E-state index contributed by atoms with van der Waals surface area (Å²) in [4.78, 5) is 0. The van der Waals surface area contributed by atoms with Crippen molar-refractivity contribution in [1.29, 1.82) is 5.26 Å². The summed E-state index contributed by atoms with van der Waals surface area (Å²) < 4.78 is 0. The van der Waals surface area contributed by atoms with Gasteiger partial charge >= 0.3 is 0 Å². The van der Waals surface area contributed by atoms with Crippen molar-refractivity contribution in [2.45, 2.75) is 45.4 Å². The van der Waals surface area contributed by atoms with E-state index in [1.54, 1.807) is 0 Å². The summed E-state index contributed by atoms with van der Waals surface area (Å²) in [6.45, 7) is 2.34. The molecule has 0 aromatic heterocycles. The fourth-order valence-corrected chi connectivity index (χ4v) is 2.25. The molecule has 0 N–H and O–H groups in total. The first kappa shape index (κ1) is 7.16. The second kappa shape index (κ2) is 2.00. The molecular formula is C10H15N. The summed E-state index contributed by atoms with van der Waals surface area (Å²) in [5, 5.41) is 8.89. The van der Waals surface area contributed by atoms with Crippen LogP contribution in [-0.4, -0.2) is 0 Å². The van der Waals surface area contributed by atoms with E-state index in [4.69, 9.17) is 5.26 Å². The predicted octanol–water partition coefficient (Wildman–Crippen LogP) is 2.87. The number of nitrogens with zero attached hydrogens (tertiary/aromatic N) is 1. The average Bonchev–Trinajstić information content (AvgIpc) is 2.67. The van der Waals surface area contributed by atoms with Crippen LogP contribution in [-0.2, 0) is 0 Å². The Hall–Kier alpha value is -0.510. The van der Waals surface area contributed by atoms with Crippen LogP contribution in [0.2, 0.25) is 0 Å². The second-order valence-electron chi connectivity index (χ2n) is 4.73. The van der Waals surface area contributed by atoms with E-state index < -0.39 is 0 Å². The summed E-state index contributed by atoms with van der Waals surface area (Å²) in [5.41, 5.74) is 0.682. The molecule has 11 heavy (non-hydrogen) atoms. The lowest BCUT2D eigenvalue weighted by atomic mass is 9.65. The second-order valence-corrected chi connectivity index (χ2v) is 4.73. The molecule has 2 saturated carbocycles. The first-order valence-electron chi connectivity index (χ1n) is 4.59. The van der Waals surface area contributed by atoms with E-state index in [2.05, 4.69) is 13.0 Å². The molecule has 2 rings (SSSR count). The number of hydrogen-bond donors (Lipinski definition) is 0. The Morgan fingerprint density at radius 1 is 1.27 bits per heavy atom. The van der Waals surface area contributed by atoms with Crippen molar-refractivity contribution in [2.24, 2.45) is 10.8 Å². The molecule has 0 bridgehead atoms. The Bertz CT molecular complexity index is 203. The van der Waals surface area contributed by atoms with Crippen LogP contribution < -0.4 is 0 Å². The van der Waals surface area contributed by atoms with Gasteiger partial charge in [0.2, 0.25) is 0 Å². The Kier molecular flexibility index (Phi) is 1.30. The van der Waals surface area contributed by atoms with Gasteiger partial charge in [-0.25, -0.2) is 0 Å². The highest BCUT2D eigenvalue weighted by Gasteiger charge is 2.49. The minimum Gasteiger partial charge on any atom is -0.198 e. The molecule has 0 spiro atoms. The molecule has 0 aromatic carbocycles. The zero-order chi connectivity index (χ0) is 7.95. The van der Waals surface area contributed by atoms with Crippen LogP contribution in [0.1, 0.15) is 45.4 Å². The highest BCUT2D eigenvalue weighted by molar-refractivity contribution is 5.12. The molecule has 0 radical (unpaired) electrons. The third kappa shape index (κ3) is 1.15. The summed E-state index contributed by atoms with van der Waals surface area (Å²) in [6.07, 6.45) is 7.61. The van der Waals surface area contributed by atoms with Crippen molar-refractivity contribution >= 4 is 0 Å². The van der Waals surface area contributed by atoms with Gasteiger partial charge in [-0.05, 0) is 37.5 Å². The third-order valence-electron chi connectivity index (χ3n) is 3.42. The lowest BCUT2D eigenvalue weighted by Crippen LogP contribution is -2.28. The van der Waals surface area contributed by atoms with Gasteiger partial charge in [-0.1, -0.05) is 13.3 Å². The van der Waals surface area contributed by atoms with E-state index in [0.717, 1.165) is 0 Å². The molecule has 2 fully saturated rings. The van der Waals surface area contributed by atoms with Gasteiger partial charge in [-0.3, -0.25) is 0 Å². The summed E-state index contributed by atoms with van der Waals surface area (Å²) in [7, 11) is 0. The fourth-order valence-electron chi connectivity index (χ4n) is 2.25. The fraction of sp³-hybridized carbons (Fsp3) is 0.900. The van der Waals surface area contributed by atoms with E-state index in [1.807, 2.05) is 0 Å². The van der Waals surface area contributed by atoms with Crippen LogP contribution in [0, 0.1) is 22.2 Å². The van der Waals surface area contributed by atoms with Crippen LogP contribution in [0.5, 0.6) is 0 Å². The van der Waals surface area contributed by atoms with Crippen molar-refractivity contribution in [3.05, 3.63) is 0 Å². The van der Waals surface area contributed by atoms with Gasteiger partial charge in [0.15, 0.2) is 0 Å². The van der Waals surface area contributed by atoms with Crippen molar-refractivity contribution in [2.75, 3.05) is 0 Å². The van der Waals surface area contributed by atoms with Gasteiger partial charge in [0, 0.05) is 0 Å². The summed E-state index contributed by atoms with van der Waals surface area (Å²) in [5.74, 6) is 0. The highest BCUT2D eigenvalue weighted by atomic mass is 14.5. The Labute approximate surface area is 68.4 Å². The Morgan fingerprint density at radius 2 is 1.91 bits per heavy atom. The molecule has 0 heterocycles. The van der Waals surface area contributed by atoms with E-state index in [1.165, 1.54) is 38.5 Å². The monoisotopic (exact) mass is 149 g/mol. The van der Waals surface area contributed by atoms with Crippen molar-refractivity contribution in [1.82, 2.24) is 0 Å². The van der Waals surface area contributed by atoms with Crippen molar-refractivity contribution < 1.29 is 0 Å². The van der Waals surface area contributed by atoms with Crippen LogP contribution in [0.3, 0.4) is 0 Å².